The second kappa shape index (κ2) is 2.84. The molecule has 0 aromatic rings. The Morgan fingerprint density at radius 2 is 2.00 bits per heavy atom. The summed E-state index contributed by atoms with van der Waals surface area (Å²) in [5.74, 6) is 2.03. The topological polar surface area (TPSA) is 0 Å². The van der Waals surface area contributed by atoms with Crippen LogP contribution in [0, 0.1) is 11.8 Å². The van der Waals surface area contributed by atoms with Crippen LogP contribution in [0.15, 0.2) is 12.7 Å². The third-order valence-electron chi connectivity index (χ3n) is 1.23. The van der Waals surface area contributed by atoms with Gasteiger partial charge in [-0.1, -0.05) is 26.8 Å². The monoisotopic (exact) mass is 97.1 g/mol. The van der Waals surface area contributed by atoms with E-state index in [2.05, 4.69) is 27.4 Å². The van der Waals surface area contributed by atoms with Gasteiger partial charge in [-0.05, 0) is 11.8 Å². The number of rotatable bonds is 2. The van der Waals surface area contributed by atoms with Crippen LogP contribution in [-0.4, -0.2) is 0 Å². The molecular formula is C7H13. The lowest BCUT2D eigenvalue weighted by atomic mass is 9.99. The number of allylic oxidation sites excluding steroid dienone is 1. The van der Waals surface area contributed by atoms with Gasteiger partial charge in [-0.25, -0.2) is 0 Å². The summed E-state index contributed by atoms with van der Waals surface area (Å²) in [6.45, 7) is 10.1. The van der Waals surface area contributed by atoms with E-state index in [0.29, 0.717) is 5.92 Å². The van der Waals surface area contributed by atoms with Gasteiger partial charge in [0, 0.05) is 0 Å². The van der Waals surface area contributed by atoms with E-state index in [1.165, 1.54) is 5.92 Å². The van der Waals surface area contributed by atoms with Gasteiger partial charge in [-0.3, -0.25) is 0 Å². The number of hydrogen-bond donors (Lipinski definition) is 0. The predicted octanol–water partition coefficient (Wildman–Crippen LogP) is 2.42. The smallest absolute Gasteiger partial charge is 0.00356 e. The third kappa shape index (κ3) is 2.44. The van der Waals surface area contributed by atoms with Gasteiger partial charge in [-0.2, -0.15) is 0 Å². The highest BCUT2D eigenvalue weighted by Crippen LogP contribution is 2.11. The van der Waals surface area contributed by atoms with E-state index in [-0.39, 0.29) is 0 Å². The Hall–Kier alpha value is -0.260. The molecule has 0 N–H and O–H groups in total. The molecule has 0 aromatic heterocycles. The van der Waals surface area contributed by atoms with Crippen LogP contribution in [0.5, 0.6) is 0 Å². The highest BCUT2D eigenvalue weighted by molar-refractivity contribution is 5.03. The maximum Gasteiger partial charge on any atom is -0.00356 e. The van der Waals surface area contributed by atoms with Crippen molar-refractivity contribution in [3.63, 3.8) is 0 Å². The second-order valence-corrected chi connectivity index (χ2v) is 2.10. The van der Waals surface area contributed by atoms with Crippen LogP contribution < -0.4 is 0 Å². The maximum absolute atomic E-state index is 3.64. The summed E-state index contributed by atoms with van der Waals surface area (Å²) >= 11 is 0. The summed E-state index contributed by atoms with van der Waals surface area (Å²) in [7, 11) is 0. The van der Waals surface area contributed by atoms with Crippen LogP contribution in [0.3, 0.4) is 0 Å². The summed E-state index contributed by atoms with van der Waals surface area (Å²) in [5, 5.41) is 0. The maximum atomic E-state index is 3.64. The molecule has 0 unspecified atom stereocenters. The van der Waals surface area contributed by atoms with E-state index >= 15 is 0 Å². The Labute approximate surface area is 46.2 Å². The fraction of sp³-hybridized carbons (Fsp3) is 0.571. The molecule has 0 nitrogen and oxygen atoms in total. The third-order valence-corrected chi connectivity index (χ3v) is 1.23. The van der Waals surface area contributed by atoms with Crippen molar-refractivity contribution in [3.8, 4) is 0 Å². The van der Waals surface area contributed by atoms with Crippen LogP contribution in [0.4, 0.5) is 0 Å². The fourth-order valence-corrected chi connectivity index (χ4v) is 0.236. The van der Waals surface area contributed by atoms with Gasteiger partial charge in [-0.15, -0.1) is 6.58 Å². The van der Waals surface area contributed by atoms with Crippen LogP contribution in [0.2, 0.25) is 0 Å². The van der Waals surface area contributed by atoms with Crippen molar-refractivity contribution in [2.75, 3.05) is 0 Å². The van der Waals surface area contributed by atoms with E-state index in [4.69, 9.17) is 0 Å². The zero-order valence-corrected chi connectivity index (χ0v) is 5.36. The second-order valence-electron chi connectivity index (χ2n) is 2.10. The average Bonchev–Trinajstić information content (AvgIpc) is 1.65. The largest absolute Gasteiger partial charge is 0.102 e. The first-order valence-electron chi connectivity index (χ1n) is 2.64. The zero-order chi connectivity index (χ0) is 5.86. The van der Waals surface area contributed by atoms with E-state index in [1.54, 1.807) is 0 Å². The van der Waals surface area contributed by atoms with Gasteiger partial charge in [0.05, 0.1) is 0 Å². The highest BCUT2D eigenvalue weighted by Gasteiger charge is 1.99. The van der Waals surface area contributed by atoms with E-state index in [1.807, 2.05) is 6.08 Å². The molecule has 1 radical (unpaired) electrons. The van der Waals surface area contributed by atoms with Gasteiger partial charge >= 0.3 is 0 Å². The van der Waals surface area contributed by atoms with Gasteiger partial charge in [0.25, 0.3) is 0 Å². The molecule has 0 heterocycles. The van der Waals surface area contributed by atoms with E-state index < -0.39 is 0 Å². The lowest BCUT2D eigenvalue weighted by Crippen LogP contribution is -1.94. The van der Waals surface area contributed by atoms with Gasteiger partial charge in [0.1, 0.15) is 0 Å². The molecule has 0 aliphatic carbocycles. The standard InChI is InChI=1S/C7H13/c1-5-7(4)6(2)3/h5-6H,1H2,2-4H3. The molecule has 0 aliphatic rings. The Bertz CT molecular complexity index is 53.1. The summed E-state index contributed by atoms with van der Waals surface area (Å²) in [4.78, 5) is 0. The lowest BCUT2D eigenvalue weighted by molar-refractivity contribution is 0.702. The van der Waals surface area contributed by atoms with Gasteiger partial charge < -0.3 is 0 Å². The van der Waals surface area contributed by atoms with Crippen LogP contribution in [0.1, 0.15) is 20.8 Å². The summed E-state index contributed by atoms with van der Waals surface area (Å²) in [6, 6.07) is 0. The molecule has 41 valence electrons. The molecule has 0 heteroatoms. The van der Waals surface area contributed by atoms with Crippen LogP contribution in [0.25, 0.3) is 0 Å². The Morgan fingerprint density at radius 3 is 2.00 bits per heavy atom. The first kappa shape index (κ1) is 6.74. The molecule has 0 fully saturated rings. The van der Waals surface area contributed by atoms with Crippen molar-refractivity contribution < 1.29 is 0 Å². The predicted molar refractivity (Wildman–Crippen MR) is 34.0 cm³/mol. The van der Waals surface area contributed by atoms with Crippen LogP contribution >= 0.6 is 0 Å². The minimum Gasteiger partial charge on any atom is -0.102 e. The van der Waals surface area contributed by atoms with Crippen molar-refractivity contribution in [1.82, 2.24) is 0 Å². The molecule has 0 aliphatic heterocycles. The van der Waals surface area contributed by atoms with Crippen molar-refractivity contribution in [1.29, 1.82) is 0 Å². The average molecular weight is 97.2 g/mol. The molecule has 0 atom stereocenters. The quantitative estimate of drug-likeness (QED) is 0.496. The first-order valence-corrected chi connectivity index (χ1v) is 2.64. The molecule has 0 aromatic carbocycles. The van der Waals surface area contributed by atoms with Crippen molar-refractivity contribution in [3.05, 3.63) is 18.6 Å². The lowest BCUT2D eigenvalue weighted by Gasteiger charge is -2.06. The Kier molecular flexibility index (Phi) is 2.73. The van der Waals surface area contributed by atoms with E-state index in [0.717, 1.165) is 0 Å². The van der Waals surface area contributed by atoms with Gasteiger partial charge in [0.15, 0.2) is 0 Å². The minimum atomic E-state index is 0.664. The molecule has 0 saturated carbocycles. The molecule has 0 bridgehead atoms. The zero-order valence-electron chi connectivity index (χ0n) is 5.36. The molecule has 0 saturated heterocycles. The molecule has 0 amide bonds. The molecular weight excluding hydrogens is 84.1 g/mol. The molecule has 7 heavy (non-hydrogen) atoms. The van der Waals surface area contributed by atoms with Gasteiger partial charge in [0.2, 0.25) is 0 Å². The molecule has 0 spiro atoms. The summed E-state index contributed by atoms with van der Waals surface area (Å²) < 4.78 is 0. The minimum absolute atomic E-state index is 0.664. The van der Waals surface area contributed by atoms with Crippen molar-refractivity contribution in [2.24, 2.45) is 5.92 Å². The number of hydrogen-bond acceptors (Lipinski definition) is 0. The van der Waals surface area contributed by atoms with Crippen molar-refractivity contribution in [2.45, 2.75) is 20.8 Å². The SMILES string of the molecule is C=C[C](C)C(C)C. The first-order chi connectivity index (χ1) is 3.18. The van der Waals surface area contributed by atoms with E-state index in [9.17, 15) is 0 Å². The fourth-order valence-electron chi connectivity index (χ4n) is 0.236. The molecule has 0 rings (SSSR count). The normalized spacial score (nSPS) is 10.4. The Morgan fingerprint density at radius 1 is 1.57 bits per heavy atom. The Balaban J connectivity index is 3.33. The summed E-state index contributed by atoms with van der Waals surface area (Å²) in [5.41, 5.74) is 0. The summed E-state index contributed by atoms with van der Waals surface area (Å²) in [6.07, 6.45) is 1.91. The van der Waals surface area contributed by atoms with Crippen molar-refractivity contribution >= 4 is 0 Å². The highest BCUT2D eigenvalue weighted by atomic mass is 14.0. The van der Waals surface area contributed by atoms with Crippen LogP contribution in [-0.2, 0) is 0 Å².